The molecule has 1 aliphatic rings. The molecule has 0 saturated carbocycles. The monoisotopic (exact) mass is 437 g/mol. The van der Waals surface area contributed by atoms with E-state index in [4.69, 9.17) is 4.74 Å². The summed E-state index contributed by atoms with van der Waals surface area (Å²) in [6, 6.07) is 13.7. The van der Waals surface area contributed by atoms with Gasteiger partial charge in [0.05, 0.1) is 5.92 Å². The SMILES string of the molecule is Cc1ccc(C)c(OCC(=O)NCCNC(=O)C2CC(=O)N(Cc3ccccc3)C2)c1C. The number of nitrogens with one attached hydrogen (secondary N) is 2. The van der Waals surface area contributed by atoms with Crippen LogP contribution in [0.4, 0.5) is 0 Å². The molecule has 2 aromatic carbocycles. The van der Waals surface area contributed by atoms with Gasteiger partial charge in [0.1, 0.15) is 5.75 Å². The summed E-state index contributed by atoms with van der Waals surface area (Å²) >= 11 is 0. The Morgan fingerprint density at radius 3 is 2.44 bits per heavy atom. The molecule has 3 rings (SSSR count). The Labute approximate surface area is 189 Å². The molecule has 1 heterocycles. The van der Waals surface area contributed by atoms with Crippen molar-refractivity contribution in [2.24, 2.45) is 5.92 Å². The number of likely N-dealkylation sites (tertiary alicyclic amines) is 1. The highest BCUT2D eigenvalue weighted by Crippen LogP contribution is 2.25. The van der Waals surface area contributed by atoms with E-state index in [0.29, 0.717) is 26.2 Å². The van der Waals surface area contributed by atoms with E-state index in [1.807, 2.05) is 63.2 Å². The van der Waals surface area contributed by atoms with Crippen LogP contribution in [0, 0.1) is 26.7 Å². The van der Waals surface area contributed by atoms with Crippen LogP contribution in [0.1, 0.15) is 28.7 Å². The molecule has 2 aromatic rings. The first-order valence-corrected chi connectivity index (χ1v) is 10.9. The lowest BCUT2D eigenvalue weighted by Crippen LogP contribution is -2.39. The molecule has 1 fully saturated rings. The second-order valence-electron chi connectivity index (χ2n) is 8.24. The Balaban J connectivity index is 1.36. The van der Waals surface area contributed by atoms with Gasteiger partial charge in [0.25, 0.3) is 5.91 Å². The number of rotatable bonds is 9. The molecular weight excluding hydrogens is 406 g/mol. The van der Waals surface area contributed by atoms with Gasteiger partial charge < -0.3 is 20.3 Å². The summed E-state index contributed by atoms with van der Waals surface area (Å²) in [5.41, 5.74) is 4.17. The third-order valence-corrected chi connectivity index (χ3v) is 5.77. The van der Waals surface area contributed by atoms with Gasteiger partial charge in [-0.3, -0.25) is 14.4 Å². The van der Waals surface area contributed by atoms with E-state index in [-0.39, 0.29) is 36.7 Å². The maximum absolute atomic E-state index is 12.4. The van der Waals surface area contributed by atoms with E-state index in [2.05, 4.69) is 10.6 Å². The molecule has 0 spiro atoms. The van der Waals surface area contributed by atoms with Crippen LogP contribution in [-0.2, 0) is 20.9 Å². The fraction of sp³-hybridized carbons (Fsp3) is 0.400. The van der Waals surface area contributed by atoms with Gasteiger partial charge in [-0.25, -0.2) is 0 Å². The predicted octanol–water partition coefficient (Wildman–Crippen LogP) is 2.27. The molecule has 7 heteroatoms. The van der Waals surface area contributed by atoms with Gasteiger partial charge in [-0.2, -0.15) is 0 Å². The summed E-state index contributed by atoms with van der Waals surface area (Å²) in [6.45, 7) is 7.37. The van der Waals surface area contributed by atoms with E-state index in [1.165, 1.54) is 0 Å². The smallest absolute Gasteiger partial charge is 0.258 e. The average Bonchev–Trinajstić information content (AvgIpc) is 3.15. The maximum atomic E-state index is 12.4. The van der Waals surface area contributed by atoms with E-state index >= 15 is 0 Å². The average molecular weight is 438 g/mol. The minimum atomic E-state index is -0.363. The molecule has 32 heavy (non-hydrogen) atoms. The molecule has 3 amide bonds. The summed E-state index contributed by atoms with van der Waals surface area (Å²) in [5, 5.41) is 5.56. The molecule has 7 nitrogen and oxygen atoms in total. The normalized spacial score (nSPS) is 15.5. The van der Waals surface area contributed by atoms with Crippen molar-refractivity contribution in [3.8, 4) is 5.75 Å². The van der Waals surface area contributed by atoms with Crippen LogP contribution in [0.25, 0.3) is 0 Å². The topological polar surface area (TPSA) is 87.7 Å². The van der Waals surface area contributed by atoms with E-state index in [0.717, 1.165) is 28.0 Å². The number of hydrogen-bond donors (Lipinski definition) is 2. The maximum Gasteiger partial charge on any atom is 0.258 e. The Hall–Kier alpha value is -3.35. The zero-order chi connectivity index (χ0) is 23.1. The highest BCUT2D eigenvalue weighted by molar-refractivity contribution is 5.89. The lowest BCUT2D eigenvalue weighted by Gasteiger charge is -2.17. The summed E-state index contributed by atoms with van der Waals surface area (Å²) in [4.78, 5) is 38.5. The lowest BCUT2D eigenvalue weighted by atomic mass is 10.1. The van der Waals surface area contributed by atoms with Gasteiger partial charge in [-0.1, -0.05) is 42.5 Å². The van der Waals surface area contributed by atoms with Crippen LogP contribution in [0.3, 0.4) is 0 Å². The number of amides is 3. The molecule has 0 aliphatic carbocycles. The van der Waals surface area contributed by atoms with Crippen LogP contribution in [0.2, 0.25) is 0 Å². The van der Waals surface area contributed by atoms with Crippen molar-refractivity contribution >= 4 is 17.7 Å². The third-order valence-electron chi connectivity index (χ3n) is 5.77. The van der Waals surface area contributed by atoms with Gasteiger partial charge in [-0.15, -0.1) is 0 Å². The van der Waals surface area contributed by atoms with Crippen LogP contribution in [-0.4, -0.2) is 48.9 Å². The van der Waals surface area contributed by atoms with Crippen molar-refractivity contribution in [3.05, 3.63) is 64.7 Å². The number of benzene rings is 2. The van der Waals surface area contributed by atoms with Crippen molar-refractivity contribution < 1.29 is 19.1 Å². The molecule has 0 bridgehead atoms. The molecule has 1 aliphatic heterocycles. The van der Waals surface area contributed by atoms with Crippen LogP contribution < -0.4 is 15.4 Å². The molecule has 2 N–H and O–H groups in total. The highest BCUT2D eigenvalue weighted by atomic mass is 16.5. The molecule has 1 atom stereocenters. The first-order chi connectivity index (χ1) is 15.3. The van der Waals surface area contributed by atoms with Crippen molar-refractivity contribution in [1.82, 2.24) is 15.5 Å². The Morgan fingerprint density at radius 1 is 1.00 bits per heavy atom. The van der Waals surface area contributed by atoms with Gasteiger partial charge in [-0.05, 0) is 43.0 Å². The van der Waals surface area contributed by atoms with Crippen molar-refractivity contribution in [2.45, 2.75) is 33.7 Å². The van der Waals surface area contributed by atoms with E-state index < -0.39 is 0 Å². The Kier molecular flexibility index (Phi) is 7.87. The second kappa shape index (κ2) is 10.8. The number of carbonyl (C=O) groups excluding carboxylic acids is 3. The summed E-state index contributed by atoms with van der Waals surface area (Å²) < 4.78 is 5.70. The van der Waals surface area contributed by atoms with Crippen LogP contribution in [0.5, 0.6) is 5.75 Å². The first-order valence-electron chi connectivity index (χ1n) is 10.9. The minimum absolute atomic E-state index is 0.0128. The zero-order valence-corrected chi connectivity index (χ0v) is 18.9. The summed E-state index contributed by atoms with van der Waals surface area (Å²) in [7, 11) is 0. The standard InChI is InChI=1S/C25H31N3O4/c1-17-9-10-18(2)24(19(17)3)32-16-22(29)26-11-12-27-25(31)21-13-23(30)28(15-21)14-20-7-5-4-6-8-20/h4-10,21H,11-16H2,1-3H3,(H,26,29)(H,27,31). The van der Waals surface area contributed by atoms with Crippen LogP contribution >= 0.6 is 0 Å². The number of ether oxygens (including phenoxy) is 1. The Bertz CT molecular complexity index is 975. The van der Waals surface area contributed by atoms with Crippen molar-refractivity contribution in [3.63, 3.8) is 0 Å². The highest BCUT2D eigenvalue weighted by Gasteiger charge is 2.33. The molecule has 0 aromatic heterocycles. The van der Waals surface area contributed by atoms with Crippen LogP contribution in [0.15, 0.2) is 42.5 Å². The van der Waals surface area contributed by atoms with Gasteiger partial charge >= 0.3 is 0 Å². The third kappa shape index (κ3) is 6.09. The van der Waals surface area contributed by atoms with E-state index in [9.17, 15) is 14.4 Å². The molecule has 1 saturated heterocycles. The van der Waals surface area contributed by atoms with Gasteiger partial charge in [0.2, 0.25) is 11.8 Å². The van der Waals surface area contributed by atoms with E-state index in [1.54, 1.807) is 4.90 Å². The van der Waals surface area contributed by atoms with Crippen molar-refractivity contribution in [2.75, 3.05) is 26.2 Å². The number of hydrogen-bond acceptors (Lipinski definition) is 4. The number of aryl methyl sites for hydroxylation is 2. The fourth-order valence-electron chi connectivity index (χ4n) is 3.77. The van der Waals surface area contributed by atoms with Gasteiger partial charge in [0, 0.05) is 32.6 Å². The molecular formula is C25H31N3O4. The molecule has 1 unspecified atom stereocenters. The zero-order valence-electron chi connectivity index (χ0n) is 18.9. The molecule has 170 valence electrons. The second-order valence-corrected chi connectivity index (χ2v) is 8.24. The predicted molar refractivity (Wildman–Crippen MR) is 122 cm³/mol. The minimum Gasteiger partial charge on any atom is -0.483 e. The number of nitrogens with zero attached hydrogens (tertiary/aromatic N) is 1. The molecule has 0 radical (unpaired) electrons. The van der Waals surface area contributed by atoms with Gasteiger partial charge in [0.15, 0.2) is 6.61 Å². The lowest BCUT2D eigenvalue weighted by molar-refractivity contribution is -0.129. The Morgan fingerprint density at radius 2 is 1.69 bits per heavy atom. The fourth-order valence-corrected chi connectivity index (χ4v) is 3.77. The summed E-state index contributed by atoms with van der Waals surface area (Å²) in [6.07, 6.45) is 0.216. The number of carbonyl (C=O) groups is 3. The summed E-state index contributed by atoms with van der Waals surface area (Å²) in [5.74, 6) is -0.0480. The first kappa shape index (κ1) is 23.3. The van der Waals surface area contributed by atoms with Crippen molar-refractivity contribution in [1.29, 1.82) is 0 Å². The quantitative estimate of drug-likeness (QED) is 0.589. The largest absolute Gasteiger partial charge is 0.483 e.